The van der Waals surface area contributed by atoms with Gasteiger partial charge in [-0.25, -0.2) is 0 Å². The molecule has 2 rings (SSSR count). The largest absolute Gasteiger partial charge is 0.308 e. The Morgan fingerprint density at radius 1 is 1.67 bits per heavy atom. The van der Waals surface area contributed by atoms with E-state index in [9.17, 15) is 0 Å². The number of hydrogen-bond acceptors (Lipinski definition) is 2. The summed E-state index contributed by atoms with van der Waals surface area (Å²) in [6.45, 7) is 3.10. The number of nitrogens with zero attached hydrogens (tertiary/aromatic N) is 2. The second kappa shape index (κ2) is 2.85. The number of hydrogen-bond donors (Lipinski definition) is 1. The summed E-state index contributed by atoms with van der Waals surface area (Å²) in [6.07, 6.45) is 1.07. The molecule has 0 saturated heterocycles. The fraction of sp³-hybridized carbons (Fsp3) is 0.625. The topological polar surface area (TPSA) is 29.9 Å². The molecule has 0 aromatic carbocycles. The predicted octanol–water partition coefficient (Wildman–Crippen LogP) is 1.22. The quantitative estimate of drug-likeness (QED) is 0.726. The van der Waals surface area contributed by atoms with Crippen molar-refractivity contribution in [1.82, 2.24) is 15.1 Å². The van der Waals surface area contributed by atoms with Gasteiger partial charge in [-0.3, -0.25) is 4.68 Å². The normalized spacial score (nSPS) is 22.4. The zero-order valence-electron chi connectivity index (χ0n) is 7.26. The van der Waals surface area contributed by atoms with E-state index in [0.29, 0.717) is 6.04 Å². The Bertz CT molecular complexity index is 305. The number of aryl methyl sites for hydroxylation is 1. The smallest absolute Gasteiger partial charge is 0.107 e. The molecule has 3 nitrogen and oxygen atoms in total. The van der Waals surface area contributed by atoms with E-state index < -0.39 is 0 Å². The molecule has 0 aliphatic carbocycles. The first kappa shape index (κ1) is 8.26. The first-order chi connectivity index (χ1) is 5.68. The number of rotatable bonds is 0. The minimum atomic E-state index is 0.568. The molecule has 1 aliphatic rings. The van der Waals surface area contributed by atoms with Crippen LogP contribution in [0, 0.1) is 0 Å². The van der Waals surface area contributed by atoms with E-state index in [1.165, 1.54) is 11.3 Å². The molecule has 1 aliphatic heterocycles. The molecule has 4 heteroatoms. The van der Waals surface area contributed by atoms with E-state index in [1.807, 2.05) is 11.7 Å². The molecule has 0 amide bonds. The van der Waals surface area contributed by atoms with Gasteiger partial charge >= 0.3 is 0 Å². The maximum Gasteiger partial charge on any atom is 0.107 e. The highest BCUT2D eigenvalue weighted by Crippen LogP contribution is 2.24. The lowest BCUT2D eigenvalue weighted by Crippen LogP contribution is -2.32. The highest BCUT2D eigenvalue weighted by Gasteiger charge is 2.20. The Hall–Kier alpha value is -0.350. The van der Waals surface area contributed by atoms with Crippen molar-refractivity contribution in [2.45, 2.75) is 25.9 Å². The zero-order chi connectivity index (χ0) is 8.72. The molecule has 66 valence electrons. The average Bonchev–Trinajstić information content (AvgIpc) is 2.31. The van der Waals surface area contributed by atoms with Crippen molar-refractivity contribution in [1.29, 1.82) is 0 Å². The molecule has 1 aromatic heterocycles. The lowest BCUT2D eigenvalue weighted by Gasteiger charge is -2.18. The summed E-state index contributed by atoms with van der Waals surface area (Å²) in [5, 5.41) is 7.77. The Labute approximate surface area is 80.3 Å². The second-order valence-corrected chi connectivity index (χ2v) is 4.08. The third-order valence-corrected chi connectivity index (χ3v) is 3.27. The van der Waals surface area contributed by atoms with Gasteiger partial charge in [-0.2, -0.15) is 5.10 Å². The molecule has 12 heavy (non-hydrogen) atoms. The summed E-state index contributed by atoms with van der Waals surface area (Å²) in [7, 11) is 1.97. The molecule has 1 N–H and O–H groups in total. The maximum atomic E-state index is 4.39. The van der Waals surface area contributed by atoms with Gasteiger partial charge in [-0.05, 0) is 29.3 Å². The first-order valence-corrected chi connectivity index (χ1v) is 4.91. The summed E-state index contributed by atoms with van der Waals surface area (Å²) < 4.78 is 3.02. The summed E-state index contributed by atoms with van der Waals surface area (Å²) in [4.78, 5) is 0. The van der Waals surface area contributed by atoms with Crippen LogP contribution in [0.2, 0.25) is 0 Å². The average molecular weight is 230 g/mol. The van der Waals surface area contributed by atoms with Crippen molar-refractivity contribution in [3.8, 4) is 0 Å². The van der Waals surface area contributed by atoms with Crippen molar-refractivity contribution in [3.05, 3.63) is 15.9 Å². The van der Waals surface area contributed by atoms with Gasteiger partial charge in [0.15, 0.2) is 0 Å². The van der Waals surface area contributed by atoms with Crippen LogP contribution < -0.4 is 5.32 Å². The van der Waals surface area contributed by atoms with Crippen LogP contribution in [-0.4, -0.2) is 15.8 Å². The van der Waals surface area contributed by atoms with Crippen LogP contribution in [0.3, 0.4) is 0 Å². The highest BCUT2D eigenvalue weighted by molar-refractivity contribution is 9.10. The Morgan fingerprint density at radius 3 is 3.17 bits per heavy atom. The summed E-state index contributed by atoms with van der Waals surface area (Å²) in [5.41, 5.74) is 2.55. The van der Waals surface area contributed by atoms with E-state index in [1.54, 1.807) is 0 Å². The minimum Gasteiger partial charge on any atom is -0.308 e. The lowest BCUT2D eigenvalue weighted by molar-refractivity contribution is 0.506. The fourth-order valence-corrected chi connectivity index (χ4v) is 2.06. The van der Waals surface area contributed by atoms with Gasteiger partial charge in [-0.15, -0.1) is 0 Å². The minimum absolute atomic E-state index is 0.568. The van der Waals surface area contributed by atoms with Gasteiger partial charge in [0.25, 0.3) is 0 Å². The Kier molecular flexibility index (Phi) is 1.96. The fourth-order valence-electron chi connectivity index (χ4n) is 1.59. The van der Waals surface area contributed by atoms with Crippen molar-refractivity contribution >= 4 is 15.9 Å². The molecule has 1 atom stereocenters. The van der Waals surface area contributed by atoms with E-state index in [4.69, 9.17) is 0 Å². The maximum absolute atomic E-state index is 4.39. The third-order valence-electron chi connectivity index (χ3n) is 2.28. The van der Waals surface area contributed by atoms with E-state index in [2.05, 4.69) is 33.3 Å². The van der Waals surface area contributed by atoms with E-state index >= 15 is 0 Å². The van der Waals surface area contributed by atoms with Crippen LogP contribution in [0.1, 0.15) is 18.2 Å². The monoisotopic (exact) mass is 229 g/mol. The van der Waals surface area contributed by atoms with Gasteiger partial charge in [0, 0.05) is 25.2 Å². The SMILES string of the molecule is CC1Cc2c(nn(C)c2Br)CN1. The molecule has 0 radical (unpaired) electrons. The Morgan fingerprint density at radius 2 is 2.42 bits per heavy atom. The standard InChI is InChI=1S/C8H12BrN3/c1-5-3-6-7(4-10-5)11-12(2)8(6)9/h5,10H,3-4H2,1-2H3. The van der Waals surface area contributed by atoms with Gasteiger partial charge in [-0.1, -0.05) is 0 Å². The molecule has 0 spiro atoms. The van der Waals surface area contributed by atoms with Gasteiger partial charge in [0.2, 0.25) is 0 Å². The number of nitrogens with one attached hydrogen (secondary N) is 1. The highest BCUT2D eigenvalue weighted by atomic mass is 79.9. The summed E-state index contributed by atoms with van der Waals surface area (Å²) in [6, 6.07) is 0.568. The van der Waals surface area contributed by atoms with Crippen LogP contribution in [0.15, 0.2) is 4.60 Å². The third kappa shape index (κ3) is 1.19. The summed E-state index contributed by atoms with van der Waals surface area (Å²) >= 11 is 3.54. The predicted molar refractivity (Wildman–Crippen MR) is 50.9 cm³/mol. The van der Waals surface area contributed by atoms with Gasteiger partial charge in [0.1, 0.15) is 4.60 Å². The molecule has 1 aromatic rings. The second-order valence-electron chi connectivity index (χ2n) is 3.33. The van der Waals surface area contributed by atoms with Crippen molar-refractivity contribution in [3.63, 3.8) is 0 Å². The number of aromatic nitrogens is 2. The molecule has 0 saturated carbocycles. The van der Waals surface area contributed by atoms with E-state index in [0.717, 1.165) is 17.6 Å². The van der Waals surface area contributed by atoms with Crippen LogP contribution in [0.4, 0.5) is 0 Å². The molecule has 1 unspecified atom stereocenters. The first-order valence-electron chi connectivity index (χ1n) is 4.12. The molecule has 0 fully saturated rings. The van der Waals surface area contributed by atoms with Gasteiger partial charge in [0.05, 0.1) is 5.69 Å². The van der Waals surface area contributed by atoms with Crippen molar-refractivity contribution in [2.75, 3.05) is 0 Å². The molecular weight excluding hydrogens is 218 g/mol. The van der Waals surface area contributed by atoms with Crippen molar-refractivity contribution < 1.29 is 0 Å². The van der Waals surface area contributed by atoms with E-state index in [-0.39, 0.29) is 0 Å². The zero-order valence-corrected chi connectivity index (χ0v) is 8.85. The van der Waals surface area contributed by atoms with Gasteiger partial charge < -0.3 is 5.32 Å². The Balaban J connectivity index is 2.44. The van der Waals surface area contributed by atoms with Crippen LogP contribution >= 0.6 is 15.9 Å². The lowest BCUT2D eigenvalue weighted by atomic mass is 10.0. The summed E-state index contributed by atoms with van der Waals surface area (Å²) in [5.74, 6) is 0. The van der Waals surface area contributed by atoms with Crippen LogP contribution in [0.5, 0.6) is 0 Å². The molecular formula is C8H12BrN3. The van der Waals surface area contributed by atoms with Crippen LogP contribution in [0.25, 0.3) is 0 Å². The van der Waals surface area contributed by atoms with Crippen LogP contribution in [-0.2, 0) is 20.0 Å². The number of fused-ring (bicyclic) bond motifs is 1. The van der Waals surface area contributed by atoms with Crippen molar-refractivity contribution in [2.24, 2.45) is 7.05 Å². The number of halogens is 1. The molecule has 0 bridgehead atoms. The molecule has 2 heterocycles.